The van der Waals surface area contributed by atoms with E-state index in [1.54, 1.807) is 12.5 Å². The molecule has 0 aromatic heterocycles. The number of hydrogen-bond donors (Lipinski definition) is 0. The van der Waals surface area contributed by atoms with Crippen LogP contribution in [-0.4, -0.2) is 12.1 Å². The van der Waals surface area contributed by atoms with Crippen LogP contribution in [0.15, 0.2) is 11.6 Å². The van der Waals surface area contributed by atoms with Crippen molar-refractivity contribution >= 4 is 5.97 Å². The SMILES string of the molecule is CC[C@H](CC[C@@H](C)[C@@H]1CC[C@H]2[C@@H]3CC=C4C[C@@H](OC(C)=O)CC[C@]4(C)[C@@H]3CC[C@]21C)C(C)C. The second-order valence-corrected chi connectivity index (χ2v) is 13.4. The Labute approximate surface area is 204 Å². The van der Waals surface area contributed by atoms with Gasteiger partial charge in [0.25, 0.3) is 0 Å². The molecular weight excluding hydrogens is 404 g/mol. The Kier molecular flexibility index (Phi) is 7.43. The van der Waals surface area contributed by atoms with Crippen molar-refractivity contribution in [2.45, 2.75) is 125 Å². The Morgan fingerprint density at radius 3 is 2.48 bits per heavy atom. The molecule has 4 rings (SSSR count). The predicted octanol–water partition coefficient (Wildman–Crippen LogP) is 8.60. The normalized spacial score (nSPS) is 42.1. The lowest BCUT2D eigenvalue weighted by Crippen LogP contribution is -2.51. The average molecular weight is 457 g/mol. The van der Waals surface area contributed by atoms with Gasteiger partial charge in [-0.25, -0.2) is 0 Å². The molecule has 3 fully saturated rings. The molecule has 4 aliphatic rings. The molecule has 0 aromatic carbocycles. The fraction of sp³-hybridized carbons (Fsp3) is 0.903. The van der Waals surface area contributed by atoms with E-state index < -0.39 is 0 Å². The molecule has 0 radical (unpaired) electrons. The van der Waals surface area contributed by atoms with E-state index in [9.17, 15) is 4.79 Å². The third-order valence-corrected chi connectivity index (χ3v) is 11.6. The molecule has 3 saturated carbocycles. The van der Waals surface area contributed by atoms with Crippen molar-refractivity contribution in [1.82, 2.24) is 0 Å². The first-order chi connectivity index (χ1) is 15.6. The number of ether oxygens (including phenoxy) is 1. The van der Waals surface area contributed by atoms with Crippen LogP contribution in [-0.2, 0) is 9.53 Å². The smallest absolute Gasteiger partial charge is 0.302 e. The molecule has 0 heterocycles. The summed E-state index contributed by atoms with van der Waals surface area (Å²) in [7, 11) is 0. The van der Waals surface area contributed by atoms with Crippen LogP contribution >= 0.6 is 0 Å². The maximum absolute atomic E-state index is 11.5. The minimum Gasteiger partial charge on any atom is -0.462 e. The molecule has 0 N–H and O–H groups in total. The highest BCUT2D eigenvalue weighted by Crippen LogP contribution is 2.67. The van der Waals surface area contributed by atoms with Gasteiger partial charge >= 0.3 is 5.97 Å². The zero-order valence-corrected chi connectivity index (χ0v) is 22.8. The van der Waals surface area contributed by atoms with Crippen LogP contribution in [0.2, 0.25) is 0 Å². The number of esters is 1. The molecule has 0 aromatic rings. The minimum atomic E-state index is -0.115. The molecule has 0 amide bonds. The number of allylic oxidation sites excluding steroid dienone is 1. The molecule has 0 spiro atoms. The second-order valence-electron chi connectivity index (χ2n) is 13.4. The maximum atomic E-state index is 11.5. The zero-order chi connectivity index (χ0) is 24.0. The number of rotatable bonds is 7. The summed E-state index contributed by atoms with van der Waals surface area (Å²) >= 11 is 0. The Hall–Kier alpha value is -0.790. The summed E-state index contributed by atoms with van der Waals surface area (Å²) in [6, 6.07) is 0. The van der Waals surface area contributed by atoms with E-state index in [4.69, 9.17) is 4.74 Å². The molecule has 188 valence electrons. The van der Waals surface area contributed by atoms with Crippen molar-refractivity contribution in [3.63, 3.8) is 0 Å². The summed E-state index contributed by atoms with van der Waals surface area (Å²) in [5.74, 6) is 6.03. The van der Waals surface area contributed by atoms with Gasteiger partial charge in [-0.2, -0.15) is 0 Å². The van der Waals surface area contributed by atoms with E-state index in [2.05, 4.69) is 47.6 Å². The monoisotopic (exact) mass is 456 g/mol. The summed E-state index contributed by atoms with van der Waals surface area (Å²) in [6.07, 6.45) is 17.2. The first-order valence-electron chi connectivity index (χ1n) is 14.5. The van der Waals surface area contributed by atoms with E-state index in [0.29, 0.717) is 10.8 Å². The van der Waals surface area contributed by atoms with Gasteiger partial charge in [0.05, 0.1) is 0 Å². The van der Waals surface area contributed by atoms with Crippen LogP contribution in [0.5, 0.6) is 0 Å². The topological polar surface area (TPSA) is 26.3 Å². The summed E-state index contributed by atoms with van der Waals surface area (Å²) in [5, 5.41) is 0. The molecule has 33 heavy (non-hydrogen) atoms. The fourth-order valence-electron chi connectivity index (χ4n) is 9.63. The van der Waals surface area contributed by atoms with Crippen molar-refractivity contribution in [3.05, 3.63) is 11.6 Å². The van der Waals surface area contributed by atoms with Gasteiger partial charge in [0.15, 0.2) is 0 Å². The lowest BCUT2D eigenvalue weighted by Gasteiger charge is -2.58. The second kappa shape index (κ2) is 9.69. The van der Waals surface area contributed by atoms with Crippen molar-refractivity contribution in [1.29, 1.82) is 0 Å². The highest BCUT2D eigenvalue weighted by molar-refractivity contribution is 5.66. The van der Waals surface area contributed by atoms with Crippen LogP contribution in [0.25, 0.3) is 0 Å². The van der Waals surface area contributed by atoms with Gasteiger partial charge in [-0.1, -0.05) is 66.0 Å². The molecule has 2 heteroatoms. The quantitative estimate of drug-likeness (QED) is 0.283. The van der Waals surface area contributed by atoms with Crippen LogP contribution in [0.1, 0.15) is 119 Å². The first kappa shape index (κ1) is 25.3. The lowest BCUT2D eigenvalue weighted by molar-refractivity contribution is -0.148. The average Bonchev–Trinajstić information content (AvgIpc) is 3.11. The zero-order valence-electron chi connectivity index (χ0n) is 22.8. The lowest BCUT2D eigenvalue weighted by atomic mass is 9.47. The molecule has 0 bridgehead atoms. The van der Waals surface area contributed by atoms with Gasteiger partial charge in [-0.15, -0.1) is 0 Å². The van der Waals surface area contributed by atoms with E-state index in [1.807, 2.05) is 0 Å². The van der Waals surface area contributed by atoms with Gasteiger partial charge in [0.1, 0.15) is 6.10 Å². The number of fused-ring (bicyclic) bond motifs is 5. The largest absolute Gasteiger partial charge is 0.462 e. The number of carbonyl (C=O) groups excluding carboxylic acids is 1. The van der Waals surface area contributed by atoms with E-state index >= 15 is 0 Å². The standard InChI is InChI=1S/C31H52O2/c1-8-23(20(2)3)10-9-21(4)27-13-14-28-26-12-11-24-19-25(33-22(5)32)15-17-30(24,6)29(26)16-18-31(27,28)7/h11,20-21,23,25-29H,8-10,12-19H2,1-7H3/t21-,23-,25+,26+,27+,28+,29-,30+,31+/m1/s1. The van der Waals surface area contributed by atoms with Crippen LogP contribution in [0.3, 0.4) is 0 Å². The van der Waals surface area contributed by atoms with Gasteiger partial charge < -0.3 is 4.74 Å². The molecule has 4 aliphatic carbocycles. The summed E-state index contributed by atoms with van der Waals surface area (Å²) in [4.78, 5) is 11.5. The van der Waals surface area contributed by atoms with Crippen molar-refractivity contribution in [2.24, 2.45) is 52.3 Å². The molecule has 0 unspecified atom stereocenters. The first-order valence-corrected chi connectivity index (χ1v) is 14.5. The van der Waals surface area contributed by atoms with E-state index in [1.165, 1.54) is 57.8 Å². The fourth-order valence-corrected chi connectivity index (χ4v) is 9.63. The van der Waals surface area contributed by atoms with Crippen molar-refractivity contribution in [2.75, 3.05) is 0 Å². The summed E-state index contributed by atoms with van der Waals surface area (Å²) in [5.41, 5.74) is 2.51. The van der Waals surface area contributed by atoms with Crippen LogP contribution in [0, 0.1) is 52.3 Å². The van der Waals surface area contributed by atoms with Gasteiger partial charge in [-0.05, 0) is 104 Å². The molecule has 0 aliphatic heterocycles. The highest BCUT2D eigenvalue weighted by Gasteiger charge is 2.59. The molecule has 2 nitrogen and oxygen atoms in total. The number of hydrogen-bond acceptors (Lipinski definition) is 2. The van der Waals surface area contributed by atoms with Crippen molar-refractivity contribution in [3.8, 4) is 0 Å². The third-order valence-electron chi connectivity index (χ3n) is 11.6. The Morgan fingerprint density at radius 1 is 1.06 bits per heavy atom. The van der Waals surface area contributed by atoms with Gasteiger partial charge in [0.2, 0.25) is 0 Å². The van der Waals surface area contributed by atoms with Crippen LogP contribution in [0.4, 0.5) is 0 Å². The van der Waals surface area contributed by atoms with Gasteiger partial charge in [-0.3, -0.25) is 4.79 Å². The Morgan fingerprint density at radius 2 is 1.82 bits per heavy atom. The highest BCUT2D eigenvalue weighted by atomic mass is 16.5. The van der Waals surface area contributed by atoms with Crippen LogP contribution < -0.4 is 0 Å². The minimum absolute atomic E-state index is 0.113. The maximum Gasteiger partial charge on any atom is 0.302 e. The predicted molar refractivity (Wildman–Crippen MR) is 138 cm³/mol. The summed E-state index contributed by atoms with van der Waals surface area (Å²) < 4.78 is 5.63. The molecule has 0 saturated heterocycles. The Bertz CT molecular complexity index is 737. The summed E-state index contributed by atoms with van der Waals surface area (Å²) in [6.45, 7) is 16.6. The van der Waals surface area contributed by atoms with E-state index in [0.717, 1.165) is 54.3 Å². The van der Waals surface area contributed by atoms with Crippen molar-refractivity contribution < 1.29 is 9.53 Å². The molecule has 9 atom stereocenters. The molecular formula is C31H52O2. The number of carbonyl (C=O) groups is 1. The Balaban J connectivity index is 1.46. The van der Waals surface area contributed by atoms with Gasteiger partial charge in [0, 0.05) is 13.3 Å². The third kappa shape index (κ3) is 4.58. The van der Waals surface area contributed by atoms with E-state index in [-0.39, 0.29) is 12.1 Å².